The van der Waals surface area contributed by atoms with Gasteiger partial charge in [0.15, 0.2) is 0 Å². The van der Waals surface area contributed by atoms with Gasteiger partial charge in [-0.1, -0.05) is 0 Å². The zero-order chi connectivity index (χ0) is 11.7. The van der Waals surface area contributed by atoms with E-state index in [4.69, 9.17) is 9.52 Å². The van der Waals surface area contributed by atoms with Crippen LogP contribution in [0.25, 0.3) is 11.3 Å². The van der Waals surface area contributed by atoms with Crippen LogP contribution < -0.4 is 5.56 Å². The van der Waals surface area contributed by atoms with E-state index in [0.717, 1.165) is 0 Å². The molecule has 2 N–H and O–H groups in total. The summed E-state index contributed by atoms with van der Waals surface area (Å²) in [5.74, 6) is -0.831. The smallest absolute Gasteiger partial charge is 0.371 e. The normalized spacial score (nSPS) is 10.3. The maximum Gasteiger partial charge on any atom is 0.371 e. The van der Waals surface area contributed by atoms with Gasteiger partial charge in [0.2, 0.25) is 5.76 Å². The van der Waals surface area contributed by atoms with E-state index < -0.39 is 5.97 Å². The van der Waals surface area contributed by atoms with E-state index in [-0.39, 0.29) is 11.3 Å². The van der Waals surface area contributed by atoms with Gasteiger partial charge in [-0.15, -0.1) is 0 Å². The van der Waals surface area contributed by atoms with Crippen LogP contribution in [0, 0.1) is 6.92 Å². The molecule has 2 aromatic heterocycles. The van der Waals surface area contributed by atoms with Crippen LogP contribution in [0.4, 0.5) is 0 Å². The molecule has 0 saturated heterocycles. The molecule has 2 aromatic rings. The van der Waals surface area contributed by atoms with Crippen molar-refractivity contribution in [3.63, 3.8) is 0 Å². The topological polar surface area (TPSA) is 83.3 Å². The zero-order valence-electron chi connectivity index (χ0n) is 8.48. The Morgan fingerprint density at radius 3 is 2.75 bits per heavy atom. The molecule has 5 nitrogen and oxygen atoms in total. The summed E-state index contributed by atoms with van der Waals surface area (Å²) in [4.78, 5) is 24.3. The van der Waals surface area contributed by atoms with Crippen LogP contribution in [0.1, 0.15) is 16.1 Å². The minimum atomic E-state index is -1.12. The molecule has 16 heavy (non-hydrogen) atoms. The summed E-state index contributed by atoms with van der Waals surface area (Å²) >= 11 is 0. The van der Waals surface area contributed by atoms with E-state index in [2.05, 4.69) is 4.98 Å². The molecule has 82 valence electrons. The zero-order valence-corrected chi connectivity index (χ0v) is 8.48. The van der Waals surface area contributed by atoms with Gasteiger partial charge in [-0.3, -0.25) is 4.79 Å². The molecule has 0 bridgehead atoms. The first-order chi connectivity index (χ1) is 7.58. The number of carboxylic acid groups (broad SMARTS) is 1. The summed E-state index contributed by atoms with van der Waals surface area (Å²) in [7, 11) is 0. The number of nitrogens with one attached hydrogen (secondary N) is 1. The highest BCUT2D eigenvalue weighted by atomic mass is 16.4. The summed E-state index contributed by atoms with van der Waals surface area (Å²) in [6.45, 7) is 1.67. The van der Waals surface area contributed by atoms with Crippen molar-refractivity contribution in [1.82, 2.24) is 4.98 Å². The highest BCUT2D eigenvalue weighted by Crippen LogP contribution is 2.21. The number of hydrogen-bond acceptors (Lipinski definition) is 3. The fourth-order valence-electron chi connectivity index (χ4n) is 1.35. The predicted molar refractivity (Wildman–Crippen MR) is 56.5 cm³/mol. The van der Waals surface area contributed by atoms with E-state index in [9.17, 15) is 9.59 Å². The molecule has 0 unspecified atom stereocenters. The molecule has 0 fully saturated rings. The summed E-state index contributed by atoms with van der Waals surface area (Å²) in [5, 5.41) is 8.69. The summed E-state index contributed by atoms with van der Waals surface area (Å²) in [6.07, 6.45) is 1.49. The van der Waals surface area contributed by atoms with Crippen LogP contribution in [-0.2, 0) is 0 Å². The van der Waals surface area contributed by atoms with Crippen LogP contribution in [0.15, 0.2) is 33.6 Å². The summed E-state index contributed by atoms with van der Waals surface area (Å²) in [5.41, 5.74) is 1.02. The molecule has 0 aliphatic carbocycles. The van der Waals surface area contributed by atoms with E-state index in [0.29, 0.717) is 16.9 Å². The Balaban J connectivity index is 2.46. The lowest BCUT2D eigenvalue weighted by atomic mass is 10.2. The van der Waals surface area contributed by atoms with Crippen molar-refractivity contribution in [2.24, 2.45) is 0 Å². The first kappa shape index (κ1) is 10.2. The van der Waals surface area contributed by atoms with Crippen molar-refractivity contribution in [1.29, 1.82) is 0 Å². The van der Waals surface area contributed by atoms with Gasteiger partial charge in [-0.2, -0.15) is 0 Å². The molecule has 0 atom stereocenters. The minimum absolute atomic E-state index is 0.126. The second-order valence-electron chi connectivity index (χ2n) is 3.37. The van der Waals surface area contributed by atoms with Crippen LogP contribution in [0.3, 0.4) is 0 Å². The Hall–Kier alpha value is -2.30. The molecule has 0 radical (unpaired) electrons. The highest BCUT2D eigenvalue weighted by Gasteiger charge is 2.10. The number of aromatic amines is 1. The molecule has 0 spiro atoms. The van der Waals surface area contributed by atoms with Gasteiger partial charge in [0, 0.05) is 17.3 Å². The van der Waals surface area contributed by atoms with Crippen molar-refractivity contribution in [3.8, 4) is 11.3 Å². The lowest BCUT2D eigenvalue weighted by Crippen LogP contribution is -2.07. The number of rotatable bonds is 2. The van der Waals surface area contributed by atoms with Crippen LogP contribution in [0.5, 0.6) is 0 Å². The predicted octanol–water partition coefficient (Wildman–Crippen LogP) is 1.64. The Bertz CT molecular complexity index is 594. The number of carbonyl (C=O) groups is 1. The van der Waals surface area contributed by atoms with Gasteiger partial charge in [0.25, 0.3) is 5.56 Å². The van der Waals surface area contributed by atoms with Gasteiger partial charge in [-0.05, 0) is 25.1 Å². The Morgan fingerprint density at radius 2 is 2.19 bits per heavy atom. The summed E-state index contributed by atoms with van der Waals surface area (Å²) < 4.78 is 5.10. The number of aryl methyl sites for hydroxylation is 1. The molecule has 0 aliphatic heterocycles. The third-order valence-corrected chi connectivity index (χ3v) is 2.19. The molecular weight excluding hydrogens is 210 g/mol. The molecule has 0 aromatic carbocycles. The standard InChI is InChI=1S/C11H9NO4/c1-6-4-7(5-12-10(6)13)8-2-3-9(16-8)11(14)15/h2-5H,1H3,(H,12,13)(H,14,15). The fourth-order valence-corrected chi connectivity index (χ4v) is 1.35. The number of H-pyrrole nitrogens is 1. The van der Waals surface area contributed by atoms with E-state index >= 15 is 0 Å². The van der Waals surface area contributed by atoms with Crippen molar-refractivity contribution in [2.75, 3.05) is 0 Å². The second-order valence-corrected chi connectivity index (χ2v) is 3.37. The molecule has 5 heteroatoms. The third kappa shape index (κ3) is 1.75. The Morgan fingerprint density at radius 1 is 1.44 bits per heavy atom. The lowest BCUT2D eigenvalue weighted by Gasteiger charge is -1.97. The fraction of sp³-hybridized carbons (Fsp3) is 0.0909. The molecule has 0 saturated carbocycles. The highest BCUT2D eigenvalue weighted by molar-refractivity contribution is 5.85. The van der Waals surface area contributed by atoms with Gasteiger partial charge in [-0.25, -0.2) is 4.79 Å². The average molecular weight is 219 g/mol. The number of furan rings is 1. The van der Waals surface area contributed by atoms with Crippen LogP contribution in [-0.4, -0.2) is 16.1 Å². The van der Waals surface area contributed by atoms with Gasteiger partial charge < -0.3 is 14.5 Å². The molecule has 0 aliphatic rings. The Labute approximate surface area is 90.3 Å². The summed E-state index contributed by atoms with van der Waals surface area (Å²) in [6, 6.07) is 4.57. The molecule has 0 amide bonds. The quantitative estimate of drug-likeness (QED) is 0.804. The largest absolute Gasteiger partial charge is 0.475 e. The molecule has 2 rings (SSSR count). The van der Waals surface area contributed by atoms with E-state index in [1.165, 1.54) is 12.3 Å². The number of carboxylic acids is 1. The van der Waals surface area contributed by atoms with E-state index in [1.54, 1.807) is 19.1 Å². The van der Waals surface area contributed by atoms with Crippen LogP contribution >= 0.6 is 0 Å². The van der Waals surface area contributed by atoms with Crippen molar-refractivity contribution in [2.45, 2.75) is 6.92 Å². The maximum absolute atomic E-state index is 11.1. The van der Waals surface area contributed by atoms with Crippen molar-refractivity contribution in [3.05, 3.63) is 46.1 Å². The lowest BCUT2D eigenvalue weighted by molar-refractivity contribution is 0.0663. The average Bonchev–Trinajstić information content (AvgIpc) is 2.71. The third-order valence-electron chi connectivity index (χ3n) is 2.19. The van der Waals surface area contributed by atoms with Gasteiger partial charge in [0.05, 0.1) is 0 Å². The van der Waals surface area contributed by atoms with E-state index in [1.807, 2.05) is 0 Å². The maximum atomic E-state index is 11.1. The number of pyridine rings is 1. The number of aromatic carboxylic acids is 1. The second kappa shape index (κ2) is 3.69. The Kier molecular flexibility index (Phi) is 2.36. The number of aromatic nitrogens is 1. The van der Waals surface area contributed by atoms with Crippen LogP contribution in [0.2, 0.25) is 0 Å². The minimum Gasteiger partial charge on any atom is -0.475 e. The van der Waals surface area contributed by atoms with Crippen molar-refractivity contribution >= 4 is 5.97 Å². The first-order valence-corrected chi connectivity index (χ1v) is 4.61. The van der Waals surface area contributed by atoms with Gasteiger partial charge >= 0.3 is 5.97 Å². The molecule has 2 heterocycles. The monoisotopic (exact) mass is 219 g/mol. The SMILES string of the molecule is Cc1cc(-c2ccc(C(=O)O)o2)c[nH]c1=O. The molecular formula is C11H9NO4. The first-order valence-electron chi connectivity index (χ1n) is 4.61. The number of hydrogen-bond donors (Lipinski definition) is 2. The van der Waals surface area contributed by atoms with Gasteiger partial charge in [0.1, 0.15) is 5.76 Å². The van der Waals surface area contributed by atoms with Crippen molar-refractivity contribution < 1.29 is 14.3 Å².